The van der Waals surface area contributed by atoms with Gasteiger partial charge in [-0.1, -0.05) is 6.07 Å². The monoisotopic (exact) mass is 283 g/mol. The Morgan fingerprint density at radius 1 is 1.56 bits per heavy atom. The summed E-state index contributed by atoms with van der Waals surface area (Å²) in [5, 5.41) is 3.37. The second kappa shape index (κ2) is 5.15. The fraction of sp³-hybridized carbons (Fsp3) is 0.583. The van der Waals surface area contributed by atoms with Gasteiger partial charge in [-0.3, -0.25) is 4.90 Å². The first-order valence-corrected chi connectivity index (χ1v) is 6.54. The van der Waals surface area contributed by atoms with Gasteiger partial charge < -0.3 is 5.32 Å². The van der Waals surface area contributed by atoms with Crippen LogP contribution in [0, 0.1) is 0 Å². The molecule has 1 heterocycles. The van der Waals surface area contributed by atoms with E-state index in [9.17, 15) is 0 Å². The lowest BCUT2D eigenvalue weighted by Gasteiger charge is -2.24. The Balaban J connectivity index is 1.82. The van der Waals surface area contributed by atoms with Crippen molar-refractivity contribution in [3.05, 3.63) is 22.8 Å². The first-order chi connectivity index (χ1) is 7.66. The molecule has 2 rings (SSSR count). The van der Waals surface area contributed by atoms with Gasteiger partial charge >= 0.3 is 0 Å². The highest BCUT2D eigenvalue weighted by atomic mass is 79.9. The zero-order valence-corrected chi connectivity index (χ0v) is 11.4. The molecule has 1 unspecified atom stereocenters. The van der Waals surface area contributed by atoms with Crippen LogP contribution in [0.2, 0.25) is 0 Å². The fourth-order valence-electron chi connectivity index (χ4n) is 1.74. The maximum Gasteiger partial charge on any atom is 0.127 e. The Bertz CT molecular complexity index is 352. The van der Waals surface area contributed by atoms with Crippen molar-refractivity contribution in [1.29, 1.82) is 0 Å². The Kier molecular flexibility index (Phi) is 3.82. The third-order valence-electron chi connectivity index (χ3n) is 3.11. The molecular weight excluding hydrogens is 266 g/mol. The third kappa shape index (κ3) is 3.19. The van der Waals surface area contributed by atoms with Gasteiger partial charge in [0.15, 0.2) is 0 Å². The SMILES string of the molecule is CC(CNc1cccc(Br)n1)N(C)C1CC1. The smallest absolute Gasteiger partial charge is 0.127 e. The molecule has 1 aromatic rings. The molecule has 0 spiro atoms. The van der Waals surface area contributed by atoms with Crippen LogP contribution in [-0.4, -0.2) is 35.6 Å². The van der Waals surface area contributed by atoms with Crippen molar-refractivity contribution in [1.82, 2.24) is 9.88 Å². The van der Waals surface area contributed by atoms with Crippen LogP contribution >= 0.6 is 15.9 Å². The number of rotatable bonds is 5. The van der Waals surface area contributed by atoms with Crippen LogP contribution in [0.4, 0.5) is 5.82 Å². The van der Waals surface area contributed by atoms with E-state index < -0.39 is 0 Å². The van der Waals surface area contributed by atoms with Crippen LogP contribution in [-0.2, 0) is 0 Å². The fourth-order valence-corrected chi connectivity index (χ4v) is 2.09. The summed E-state index contributed by atoms with van der Waals surface area (Å²) < 4.78 is 0.876. The van der Waals surface area contributed by atoms with Crippen LogP contribution in [0.25, 0.3) is 0 Å². The number of nitrogens with one attached hydrogen (secondary N) is 1. The van der Waals surface area contributed by atoms with Crippen LogP contribution in [0.15, 0.2) is 22.8 Å². The molecule has 0 radical (unpaired) electrons. The molecule has 1 N–H and O–H groups in total. The first kappa shape index (κ1) is 11.9. The van der Waals surface area contributed by atoms with Gasteiger partial charge in [0.2, 0.25) is 0 Å². The molecule has 0 aromatic carbocycles. The standard InChI is InChI=1S/C12H18BrN3/c1-9(16(2)10-6-7-10)8-14-12-5-3-4-11(13)15-12/h3-5,9-10H,6-8H2,1-2H3,(H,14,15). The summed E-state index contributed by atoms with van der Waals surface area (Å²) in [6.07, 6.45) is 2.71. The lowest BCUT2D eigenvalue weighted by Crippen LogP contribution is -2.36. The van der Waals surface area contributed by atoms with Crippen molar-refractivity contribution >= 4 is 21.7 Å². The van der Waals surface area contributed by atoms with Gasteiger partial charge in [0, 0.05) is 18.6 Å². The van der Waals surface area contributed by atoms with Gasteiger partial charge in [0.25, 0.3) is 0 Å². The summed E-state index contributed by atoms with van der Waals surface area (Å²) >= 11 is 3.37. The van der Waals surface area contributed by atoms with E-state index in [4.69, 9.17) is 0 Å². The summed E-state index contributed by atoms with van der Waals surface area (Å²) in [5.74, 6) is 0.936. The summed E-state index contributed by atoms with van der Waals surface area (Å²) in [6.45, 7) is 3.19. The predicted molar refractivity (Wildman–Crippen MR) is 70.7 cm³/mol. The normalized spacial score (nSPS) is 17.5. The van der Waals surface area contributed by atoms with Crippen molar-refractivity contribution < 1.29 is 0 Å². The molecule has 1 atom stereocenters. The van der Waals surface area contributed by atoms with Crippen molar-refractivity contribution in [2.45, 2.75) is 31.8 Å². The van der Waals surface area contributed by atoms with E-state index in [1.54, 1.807) is 0 Å². The summed E-state index contributed by atoms with van der Waals surface area (Å²) in [7, 11) is 2.21. The van der Waals surface area contributed by atoms with E-state index >= 15 is 0 Å². The molecule has 1 aliphatic rings. The average Bonchev–Trinajstić information content (AvgIpc) is 3.09. The Hall–Kier alpha value is -0.610. The largest absolute Gasteiger partial charge is 0.368 e. The van der Waals surface area contributed by atoms with E-state index in [1.807, 2.05) is 18.2 Å². The second-order valence-corrected chi connectivity index (χ2v) is 5.28. The zero-order valence-electron chi connectivity index (χ0n) is 9.78. The van der Waals surface area contributed by atoms with E-state index in [1.165, 1.54) is 12.8 Å². The highest BCUT2D eigenvalue weighted by Crippen LogP contribution is 2.26. The van der Waals surface area contributed by atoms with Crippen LogP contribution in [0.3, 0.4) is 0 Å². The minimum Gasteiger partial charge on any atom is -0.368 e. The van der Waals surface area contributed by atoms with Crippen molar-refractivity contribution in [2.75, 3.05) is 18.9 Å². The number of aromatic nitrogens is 1. The van der Waals surface area contributed by atoms with Crippen molar-refractivity contribution in [3.8, 4) is 0 Å². The van der Waals surface area contributed by atoms with Gasteiger partial charge in [-0.05, 0) is 54.9 Å². The number of nitrogens with zero attached hydrogens (tertiary/aromatic N) is 2. The Morgan fingerprint density at radius 3 is 2.94 bits per heavy atom. The number of pyridine rings is 1. The second-order valence-electron chi connectivity index (χ2n) is 4.47. The summed E-state index contributed by atoms with van der Waals surface area (Å²) in [5.41, 5.74) is 0. The molecular formula is C12H18BrN3. The highest BCUT2D eigenvalue weighted by molar-refractivity contribution is 9.10. The van der Waals surface area contributed by atoms with Crippen molar-refractivity contribution in [3.63, 3.8) is 0 Å². The zero-order chi connectivity index (χ0) is 11.5. The van der Waals surface area contributed by atoms with Crippen LogP contribution < -0.4 is 5.32 Å². The molecule has 4 heteroatoms. The van der Waals surface area contributed by atoms with E-state index in [-0.39, 0.29) is 0 Å². The van der Waals surface area contributed by atoms with Gasteiger partial charge in [-0.25, -0.2) is 4.98 Å². The number of likely N-dealkylation sites (N-methyl/N-ethyl adjacent to an activating group) is 1. The van der Waals surface area contributed by atoms with E-state index in [0.29, 0.717) is 6.04 Å². The molecule has 1 saturated carbocycles. The Morgan fingerprint density at radius 2 is 2.31 bits per heavy atom. The van der Waals surface area contributed by atoms with Gasteiger partial charge in [0.05, 0.1) is 0 Å². The average molecular weight is 284 g/mol. The topological polar surface area (TPSA) is 28.2 Å². The molecule has 0 amide bonds. The Labute approximate surface area is 105 Å². The van der Waals surface area contributed by atoms with E-state index in [2.05, 4.69) is 45.1 Å². The van der Waals surface area contributed by atoms with Gasteiger partial charge in [0.1, 0.15) is 10.4 Å². The molecule has 88 valence electrons. The van der Waals surface area contributed by atoms with Gasteiger partial charge in [-0.15, -0.1) is 0 Å². The molecule has 0 aliphatic heterocycles. The first-order valence-electron chi connectivity index (χ1n) is 5.75. The molecule has 0 saturated heterocycles. The molecule has 1 aliphatic carbocycles. The quantitative estimate of drug-likeness (QED) is 0.843. The molecule has 16 heavy (non-hydrogen) atoms. The summed E-state index contributed by atoms with van der Waals surface area (Å²) in [4.78, 5) is 6.80. The lowest BCUT2D eigenvalue weighted by molar-refractivity contribution is 0.257. The van der Waals surface area contributed by atoms with Crippen LogP contribution in [0.5, 0.6) is 0 Å². The highest BCUT2D eigenvalue weighted by Gasteiger charge is 2.28. The minimum atomic E-state index is 0.549. The number of anilines is 1. The van der Waals surface area contributed by atoms with E-state index in [0.717, 1.165) is 23.0 Å². The third-order valence-corrected chi connectivity index (χ3v) is 3.55. The maximum atomic E-state index is 4.35. The van der Waals surface area contributed by atoms with Gasteiger partial charge in [-0.2, -0.15) is 0 Å². The lowest BCUT2D eigenvalue weighted by atomic mass is 10.3. The number of hydrogen-bond donors (Lipinski definition) is 1. The molecule has 1 fully saturated rings. The summed E-state index contributed by atoms with van der Waals surface area (Å²) in [6, 6.07) is 7.29. The molecule has 3 nitrogen and oxygen atoms in total. The minimum absolute atomic E-state index is 0.549. The van der Waals surface area contributed by atoms with Crippen molar-refractivity contribution in [2.24, 2.45) is 0 Å². The maximum absolute atomic E-state index is 4.35. The van der Waals surface area contributed by atoms with Crippen LogP contribution in [0.1, 0.15) is 19.8 Å². The molecule has 1 aromatic heterocycles. The molecule has 0 bridgehead atoms. The predicted octanol–water partition coefficient (Wildman–Crippen LogP) is 2.74. The number of hydrogen-bond acceptors (Lipinski definition) is 3. The number of halogens is 1.